The van der Waals surface area contributed by atoms with Gasteiger partial charge in [0.2, 0.25) is 0 Å². The number of rotatable bonds is 22. The van der Waals surface area contributed by atoms with E-state index in [0.29, 0.717) is 5.41 Å². The average Bonchev–Trinajstić information content (AvgIpc) is 3.78. The molecule has 3 aliphatic carbocycles. The van der Waals surface area contributed by atoms with Crippen LogP contribution in [-0.2, 0) is 0 Å². The molecule has 48 heavy (non-hydrogen) atoms. The summed E-state index contributed by atoms with van der Waals surface area (Å²) < 4.78 is 0. The maximum Gasteiger partial charge on any atom is -0.0243 e. The van der Waals surface area contributed by atoms with Crippen LogP contribution in [0.2, 0.25) is 0 Å². The first kappa shape index (κ1) is 48.0. The first-order chi connectivity index (χ1) is 23.1. The third-order valence-electron chi connectivity index (χ3n) is 13.8. The maximum absolute atomic E-state index is 2.51. The third kappa shape index (κ3) is 19.6. The molecule has 0 bridgehead atoms. The molecule has 0 heterocycles. The molecule has 0 N–H and O–H groups in total. The van der Waals surface area contributed by atoms with Crippen LogP contribution >= 0.6 is 0 Å². The summed E-state index contributed by atoms with van der Waals surface area (Å²) in [7, 11) is 0. The lowest BCUT2D eigenvalue weighted by atomic mass is 9.53. The molecule has 3 saturated carbocycles. The van der Waals surface area contributed by atoms with E-state index in [1.165, 1.54) is 148 Å². The second-order valence-electron chi connectivity index (χ2n) is 18.2. The number of hydrogen-bond donors (Lipinski definition) is 0. The predicted octanol–water partition coefficient (Wildman–Crippen LogP) is 17.8. The minimum Gasteiger partial charge on any atom is -0.0683 e. The largest absolute Gasteiger partial charge is 0.0683 e. The zero-order valence-electron chi connectivity index (χ0n) is 36.3. The summed E-state index contributed by atoms with van der Waals surface area (Å²) in [6.07, 6.45) is 41.3. The fourth-order valence-electron chi connectivity index (χ4n) is 9.79. The summed E-state index contributed by atoms with van der Waals surface area (Å²) >= 11 is 0. The Kier molecular flexibility index (Phi) is 29.6. The van der Waals surface area contributed by atoms with Crippen molar-refractivity contribution in [3.63, 3.8) is 0 Å². The predicted molar refractivity (Wildman–Crippen MR) is 223 cm³/mol. The van der Waals surface area contributed by atoms with E-state index in [1.807, 2.05) is 13.8 Å². The topological polar surface area (TPSA) is 0 Å². The highest BCUT2D eigenvalue weighted by Gasteiger charge is 2.54. The summed E-state index contributed by atoms with van der Waals surface area (Å²) in [5, 5.41) is 0. The van der Waals surface area contributed by atoms with Gasteiger partial charge in [0, 0.05) is 0 Å². The highest BCUT2D eigenvalue weighted by molar-refractivity contribution is 5.04. The molecule has 3 rings (SSSR count). The zero-order valence-corrected chi connectivity index (χ0v) is 36.3. The van der Waals surface area contributed by atoms with E-state index in [1.54, 1.807) is 32.1 Å². The maximum atomic E-state index is 2.51. The van der Waals surface area contributed by atoms with Gasteiger partial charge >= 0.3 is 0 Å². The molecule has 3 fully saturated rings. The summed E-state index contributed by atoms with van der Waals surface area (Å²) in [4.78, 5) is 0. The molecular weight excluding hydrogens is 577 g/mol. The van der Waals surface area contributed by atoms with Crippen LogP contribution in [0.5, 0.6) is 0 Å². The molecular formula is C48H98. The Bertz CT molecular complexity index is 638. The minimum atomic E-state index is 0.523. The van der Waals surface area contributed by atoms with Crippen LogP contribution < -0.4 is 0 Å². The molecule has 1 spiro atoms. The molecule has 3 unspecified atom stereocenters. The molecule has 0 aromatic rings. The second kappa shape index (κ2) is 29.6. The van der Waals surface area contributed by atoms with E-state index in [4.69, 9.17) is 0 Å². The number of hydrogen-bond acceptors (Lipinski definition) is 0. The summed E-state index contributed by atoms with van der Waals surface area (Å²) in [5.41, 5.74) is 1.34. The highest BCUT2D eigenvalue weighted by Crippen LogP contribution is 2.63. The highest BCUT2D eigenvalue weighted by atomic mass is 14.6. The fourth-order valence-corrected chi connectivity index (χ4v) is 9.79. The van der Waals surface area contributed by atoms with Gasteiger partial charge in [0.25, 0.3) is 0 Å². The van der Waals surface area contributed by atoms with Crippen LogP contribution in [0.25, 0.3) is 0 Å². The van der Waals surface area contributed by atoms with Gasteiger partial charge in [0.15, 0.2) is 0 Å². The van der Waals surface area contributed by atoms with Crippen molar-refractivity contribution in [2.75, 3.05) is 0 Å². The lowest BCUT2D eigenvalue weighted by Crippen LogP contribution is -2.44. The van der Waals surface area contributed by atoms with Gasteiger partial charge < -0.3 is 0 Å². The van der Waals surface area contributed by atoms with Crippen molar-refractivity contribution in [3.8, 4) is 0 Å². The lowest BCUT2D eigenvalue weighted by molar-refractivity contribution is -0.0314. The van der Waals surface area contributed by atoms with Crippen molar-refractivity contribution >= 4 is 0 Å². The van der Waals surface area contributed by atoms with Crippen molar-refractivity contribution in [2.45, 2.75) is 263 Å². The first-order valence-electron chi connectivity index (χ1n) is 23.1. The molecule has 0 heteroatoms. The van der Waals surface area contributed by atoms with Crippen molar-refractivity contribution < 1.29 is 0 Å². The van der Waals surface area contributed by atoms with Gasteiger partial charge in [-0.15, -0.1) is 0 Å². The first-order valence-corrected chi connectivity index (χ1v) is 23.1. The van der Waals surface area contributed by atoms with Crippen molar-refractivity contribution in [1.29, 1.82) is 0 Å². The Balaban J connectivity index is 0.000000675. The summed E-state index contributed by atoms with van der Waals surface area (Å²) in [6, 6.07) is 0. The third-order valence-corrected chi connectivity index (χ3v) is 13.8. The monoisotopic (exact) mass is 675 g/mol. The Morgan fingerprint density at radius 3 is 1.27 bits per heavy atom. The molecule has 290 valence electrons. The smallest absolute Gasteiger partial charge is 0.0243 e. The standard InChI is InChI=1S/C17H36.C15H26.C14H30.C2H6/c1-3-5-7-9-11-13-15-17-16-14-12-10-8-6-4-2;1-11-9-12(2)15(11)8-7-14(10-15)13-5-3-4-6-13;1-7-9-13(10-8-2)11-14(5,6)12(3)4;1-2/h3-17H2,1-2H3;11-14H,3-10H2,1-2H3;12-13H,7-11H2,1-6H3;1-2H3. The Hall–Kier alpha value is 0. The summed E-state index contributed by atoms with van der Waals surface area (Å²) in [5.74, 6) is 6.10. The Morgan fingerprint density at radius 1 is 0.562 bits per heavy atom. The van der Waals surface area contributed by atoms with Crippen LogP contribution in [0, 0.1) is 46.3 Å². The van der Waals surface area contributed by atoms with Crippen LogP contribution in [-0.4, -0.2) is 0 Å². The van der Waals surface area contributed by atoms with E-state index in [9.17, 15) is 0 Å². The normalized spacial score (nSPS) is 23.8. The molecule has 0 saturated heterocycles. The van der Waals surface area contributed by atoms with Crippen molar-refractivity contribution in [1.82, 2.24) is 0 Å². The van der Waals surface area contributed by atoms with E-state index < -0.39 is 0 Å². The molecule has 0 aromatic heterocycles. The molecule has 3 aliphatic rings. The van der Waals surface area contributed by atoms with E-state index in [2.05, 4.69) is 69.2 Å². The van der Waals surface area contributed by atoms with Crippen molar-refractivity contribution in [3.05, 3.63) is 0 Å². The van der Waals surface area contributed by atoms with E-state index in [-0.39, 0.29) is 0 Å². The lowest BCUT2D eigenvalue weighted by Gasteiger charge is -2.52. The average molecular weight is 675 g/mol. The minimum absolute atomic E-state index is 0.523. The van der Waals surface area contributed by atoms with Gasteiger partial charge in [0.05, 0.1) is 0 Å². The molecule has 0 aromatic carbocycles. The van der Waals surface area contributed by atoms with Gasteiger partial charge in [-0.2, -0.15) is 0 Å². The quantitative estimate of drug-likeness (QED) is 0.100. The molecule has 3 atom stereocenters. The SMILES string of the molecule is CC.CC1CC(C)C12CCC(C1CCCC1)C2.CCCC(CCC)CC(C)(C)C(C)C.CCCCCCCCCCCCCCCCC. The Morgan fingerprint density at radius 2 is 0.958 bits per heavy atom. The molecule has 0 aliphatic heterocycles. The molecule has 0 nitrogen and oxygen atoms in total. The summed E-state index contributed by atoms with van der Waals surface area (Å²) in [6.45, 7) is 27.8. The van der Waals surface area contributed by atoms with Crippen LogP contribution in [0.4, 0.5) is 0 Å². The van der Waals surface area contributed by atoms with Gasteiger partial charge in [-0.1, -0.05) is 231 Å². The fraction of sp³-hybridized carbons (Fsp3) is 1.00. The zero-order chi connectivity index (χ0) is 36.3. The molecule has 0 amide bonds. The second-order valence-corrected chi connectivity index (χ2v) is 18.2. The number of unbranched alkanes of at least 4 members (excludes halogenated alkanes) is 14. The van der Waals surface area contributed by atoms with Crippen molar-refractivity contribution in [2.24, 2.45) is 46.3 Å². The van der Waals surface area contributed by atoms with Gasteiger partial charge in [-0.25, -0.2) is 0 Å². The van der Waals surface area contributed by atoms with Crippen LogP contribution in [0.1, 0.15) is 263 Å². The van der Waals surface area contributed by atoms with Crippen LogP contribution in [0.3, 0.4) is 0 Å². The van der Waals surface area contributed by atoms with Crippen LogP contribution in [0.15, 0.2) is 0 Å². The van der Waals surface area contributed by atoms with E-state index in [0.717, 1.165) is 40.9 Å². The van der Waals surface area contributed by atoms with Gasteiger partial charge in [-0.05, 0) is 78.4 Å². The Labute approximate surface area is 308 Å². The molecule has 0 radical (unpaired) electrons. The van der Waals surface area contributed by atoms with Gasteiger partial charge in [0.1, 0.15) is 0 Å². The van der Waals surface area contributed by atoms with Gasteiger partial charge in [-0.3, -0.25) is 0 Å². The van der Waals surface area contributed by atoms with E-state index >= 15 is 0 Å².